The van der Waals surface area contributed by atoms with Gasteiger partial charge in [0.05, 0.1) is 18.5 Å². The molecule has 0 atom stereocenters. The second-order valence-electron chi connectivity index (χ2n) is 5.32. The van der Waals surface area contributed by atoms with Crippen LogP contribution in [0.25, 0.3) is 11.3 Å². The predicted octanol–water partition coefficient (Wildman–Crippen LogP) is 4.47. The molecule has 0 aliphatic carbocycles. The maximum absolute atomic E-state index is 9.38. The van der Waals surface area contributed by atoms with Crippen LogP contribution in [0.4, 0.5) is 5.69 Å². The third-order valence-electron chi connectivity index (χ3n) is 3.55. The molecule has 0 unspecified atom stereocenters. The van der Waals surface area contributed by atoms with E-state index in [1.165, 1.54) is 16.9 Å². The average molecular weight is 348 g/mol. The summed E-state index contributed by atoms with van der Waals surface area (Å²) >= 11 is 1.40. The predicted molar refractivity (Wildman–Crippen MR) is 101 cm³/mol. The number of nitrogens with one attached hydrogen (secondary N) is 1. The second kappa shape index (κ2) is 7.60. The fraction of sp³-hybridized carbons (Fsp3) is 0.105. The Balaban J connectivity index is 1.78. The van der Waals surface area contributed by atoms with Crippen LogP contribution < -0.4 is 10.2 Å². The molecule has 1 heterocycles. The number of nitrogens with zero attached hydrogens (tertiary/aromatic N) is 3. The maximum Gasteiger partial charge on any atom is 0.196 e. The Hall–Kier alpha value is -3.17. The first-order valence-electron chi connectivity index (χ1n) is 7.60. The van der Waals surface area contributed by atoms with Gasteiger partial charge in [-0.05, 0) is 31.2 Å². The van der Waals surface area contributed by atoms with Crippen molar-refractivity contribution in [3.05, 3.63) is 64.5 Å². The van der Waals surface area contributed by atoms with Gasteiger partial charge in [0.25, 0.3) is 0 Å². The van der Waals surface area contributed by atoms with E-state index in [1.54, 1.807) is 7.11 Å². The molecule has 1 aromatic heterocycles. The first-order valence-corrected chi connectivity index (χ1v) is 8.48. The van der Waals surface area contributed by atoms with Crippen molar-refractivity contribution in [3.8, 4) is 23.1 Å². The fourth-order valence-corrected chi connectivity index (χ4v) is 2.91. The summed E-state index contributed by atoms with van der Waals surface area (Å²) in [4.78, 5) is 4.53. The molecule has 0 radical (unpaired) electrons. The van der Waals surface area contributed by atoms with Gasteiger partial charge in [0.2, 0.25) is 0 Å². The summed E-state index contributed by atoms with van der Waals surface area (Å²) in [7, 11) is 1.61. The van der Waals surface area contributed by atoms with Crippen molar-refractivity contribution in [2.75, 3.05) is 12.5 Å². The number of aryl methyl sites for hydroxylation is 1. The molecule has 0 spiro atoms. The van der Waals surface area contributed by atoms with Crippen molar-refractivity contribution in [2.24, 2.45) is 5.10 Å². The van der Waals surface area contributed by atoms with E-state index in [1.807, 2.05) is 60.8 Å². The lowest BCUT2D eigenvalue weighted by atomic mass is 10.1. The Labute approximate surface area is 150 Å². The molecule has 3 aromatic rings. The Morgan fingerprint density at radius 1 is 1.16 bits per heavy atom. The zero-order valence-electron chi connectivity index (χ0n) is 13.9. The van der Waals surface area contributed by atoms with Gasteiger partial charge in [-0.1, -0.05) is 29.8 Å². The molecule has 124 valence electrons. The molecule has 0 amide bonds. The van der Waals surface area contributed by atoms with Gasteiger partial charge in [0, 0.05) is 10.9 Å². The number of methoxy groups -OCH3 is 1. The van der Waals surface area contributed by atoms with Crippen LogP contribution in [0.1, 0.15) is 10.6 Å². The fourth-order valence-electron chi connectivity index (χ4n) is 2.15. The highest BCUT2D eigenvalue weighted by Crippen LogP contribution is 2.23. The molecule has 2 aromatic carbocycles. The first kappa shape index (κ1) is 16.7. The Bertz CT molecular complexity index is 921. The third kappa shape index (κ3) is 4.03. The number of nitriles is 1. The number of aromatic nitrogens is 1. The van der Waals surface area contributed by atoms with Gasteiger partial charge in [-0.2, -0.15) is 10.4 Å². The van der Waals surface area contributed by atoms with Crippen LogP contribution in [0.5, 0.6) is 5.75 Å². The van der Waals surface area contributed by atoms with Crippen molar-refractivity contribution >= 4 is 22.7 Å². The molecule has 0 aliphatic heterocycles. The lowest BCUT2D eigenvalue weighted by Gasteiger charge is -2.02. The number of hydrogen-bond donors (Lipinski definition) is 1. The Kier molecular flexibility index (Phi) is 5.07. The van der Waals surface area contributed by atoms with Gasteiger partial charge in [-0.25, -0.2) is 4.98 Å². The molecular weight excluding hydrogens is 332 g/mol. The lowest BCUT2D eigenvalue weighted by Crippen LogP contribution is -2.01. The molecule has 0 saturated heterocycles. The molecule has 0 saturated carbocycles. The Morgan fingerprint density at radius 3 is 2.52 bits per heavy atom. The number of hydrazone groups is 1. The molecule has 0 bridgehead atoms. The van der Waals surface area contributed by atoms with E-state index in [9.17, 15) is 5.26 Å². The average Bonchev–Trinajstić information content (AvgIpc) is 3.13. The van der Waals surface area contributed by atoms with Gasteiger partial charge >= 0.3 is 0 Å². The molecule has 3 rings (SSSR count). The van der Waals surface area contributed by atoms with Crippen LogP contribution in [-0.4, -0.2) is 17.8 Å². The number of anilines is 1. The summed E-state index contributed by atoms with van der Waals surface area (Å²) < 4.78 is 5.11. The number of rotatable bonds is 5. The van der Waals surface area contributed by atoms with Crippen LogP contribution in [-0.2, 0) is 0 Å². The first-order chi connectivity index (χ1) is 12.2. The van der Waals surface area contributed by atoms with E-state index in [0.717, 1.165) is 22.7 Å². The van der Waals surface area contributed by atoms with Gasteiger partial charge in [-0.3, -0.25) is 5.43 Å². The van der Waals surface area contributed by atoms with Gasteiger partial charge in [0.1, 0.15) is 11.8 Å². The SMILES string of the molecule is COc1ccc(N/N=C(/C#N)c2nc(-c3ccc(C)cc3)cs2)cc1. The van der Waals surface area contributed by atoms with Crippen LogP contribution >= 0.6 is 11.3 Å². The molecule has 1 N–H and O–H groups in total. The van der Waals surface area contributed by atoms with Gasteiger partial charge < -0.3 is 4.74 Å². The van der Waals surface area contributed by atoms with Crippen molar-refractivity contribution in [3.63, 3.8) is 0 Å². The largest absolute Gasteiger partial charge is 0.497 e. The van der Waals surface area contributed by atoms with Crippen molar-refractivity contribution in [2.45, 2.75) is 6.92 Å². The van der Waals surface area contributed by atoms with Crippen molar-refractivity contribution < 1.29 is 4.74 Å². The van der Waals surface area contributed by atoms with Crippen LogP contribution in [0.15, 0.2) is 59.0 Å². The summed E-state index contributed by atoms with van der Waals surface area (Å²) in [5.41, 5.74) is 6.95. The van der Waals surface area contributed by atoms with E-state index in [4.69, 9.17) is 4.74 Å². The minimum Gasteiger partial charge on any atom is -0.497 e. The Morgan fingerprint density at radius 2 is 1.88 bits per heavy atom. The van der Waals surface area contributed by atoms with Crippen molar-refractivity contribution in [1.82, 2.24) is 4.98 Å². The van der Waals surface area contributed by atoms with E-state index in [-0.39, 0.29) is 5.71 Å². The topological polar surface area (TPSA) is 70.3 Å². The molecular formula is C19H16N4OS. The zero-order chi connectivity index (χ0) is 17.6. The number of thiazole rings is 1. The quantitative estimate of drug-likeness (QED) is 0.545. The highest BCUT2D eigenvalue weighted by Gasteiger charge is 2.10. The molecule has 25 heavy (non-hydrogen) atoms. The minimum atomic E-state index is 0.249. The zero-order valence-corrected chi connectivity index (χ0v) is 14.7. The summed E-state index contributed by atoms with van der Waals surface area (Å²) in [6.07, 6.45) is 0. The summed E-state index contributed by atoms with van der Waals surface area (Å²) in [6.45, 7) is 2.04. The highest BCUT2D eigenvalue weighted by molar-refractivity contribution is 7.12. The van der Waals surface area contributed by atoms with E-state index < -0.39 is 0 Å². The van der Waals surface area contributed by atoms with Crippen molar-refractivity contribution in [1.29, 1.82) is 5.26 Å². The highest BCUT2D eigenvalue weighted by atomic mass is 32.1. The van der Waals surface area contributed by atoms with Gasteiger partial charge in [0.15, 0.2) is 10.7 Å². The number of ether oxygens (including phenoxy) is 1. The molecule has 5 nitrogen and oxygen atoms in total. The molecule has 0 aliphatic rings. The number of hydrogen-bond acceptors (Lipinski definition) is 6. The smallest absolute Gasteiger partial charge is 0.196 e. The lowest BCUT2D eigenvalue weighted by molar-refractivity contribution is 0.415. The number of benzene rings is 2. The van der Waals surface area contributed by atoms with E-state index in [0.29, 0.717) is 5.01 Å². The third-order valence-corrected chi connectivity index (χ3v) is 4.40. The molecule has 0 fully saturated rings. The molecule has 6 heteroatoms. The summed E-state index contributed by atoms with van der Waals surface area (Å²) in [6, 6.07) is 17.5. The van der Waals surface area contributed by atoms with Gasteiger partial charge in [-0.15, -0.1) is 11.3 Å². The minimum absolute atomic E-state index is 0.249. The second-order valence-corrected chi connectivity index (χ2v) is 6.17. The van der Waals surface area contributed by atoms with Crippen LogP contribution in [0, 0.1) is 18.3 Å². The van der Waals surface area contributed by atoms with Crippen LogP contribution in [0.3, 0.4) is 0 Å². The van der Waals surface area contributed by atoms with Crippen LogP contribution in [0.2, 0.25) is 0 Å². The standard InChI is InChI=1S/C19H16N4OS/c1-13-3-5-14(6-4-13)18-12-25-19(21-18)17(11-20)23-22-15-7-9-16(24-2)10-8-15/h3-10,12,22H,1-2H3/b23-17-. The van der Waals surface area contributed by atoms with E-state index >= 15 is 0 Å². The maximum atomic E-state index is 9.38. The normalized spacial score (nSPS) is 11.0. The van der Waals surface area contributed by atoms with E-state index in [2.05, 4.69) is 21.6 Å². The summed E-state index contributed by atoms with van der Waals surface area (Å²) in [5.74, 6) is 0.762. The summed E-state index contributed by atoms with van der Waals surface area (Å²) in [5, 5.41) is 16.1. The monoisotopic (exact) mass is 348 g/mol.